The zero-order valence-corrected chi connectivity index (χ0v) is 17.9. The van der Waals surface area contributed by atoms with Gasteiger partial charge < -0.3 is 4.57 Å². The van der Waals surface area contributed by atoms with E-state index in [-0.39, 0.29) is 4.75 Å². The molecule has 0 aliphatic rings. The normalized spacial score (nSPS) is 13.5. The van der Waals surface area contributed by atoms with Crippen molar-refractivity contribution in [3.8, 4) is 0 Å². The van der Waals surface area contributed by atoms with Crippen LogP contribution < -0.4 is 0 Å². The maximum absolute atomic E-state index is 6.01. The van der Waals surface area contributed by atoms with Gasteiger partial charge in [0, 0.05) is 38.9 Å². The Morgan fingerprint density at radius 1 is 1.15 bits per heavy atom. The lowest BCUT2D eigenvalue weighted by atomic mass is 10.00. The minimum Gasteiger partial charge on any atom is -0.336 e. The van der Waals surface area contributed by atoms with E-state index in [1.54, 1.807) is 0 Å². The fourth-order valence-corrected chi connectivity index (χ4v) is 4.87. The van der Waals surface area contributed by atoms with Crippen LogP contribution in [0.4, 0.5) is 0 Å². The summed E-state index contributed by atoms with van der Waals surface area (Å²) in [7, 11) is 0. The van der Waals surface area contributed by atoms with Gasteiger partial charge in [-0.05, 0) is 49.1 Å². The van der Waals surface area contributed by atoms with Crippen LogP contribution in [-0.2, 0) is 18.7 Å². The topological polar surface area (TPSA) is 17.8 Å². The summed E-state index contributed by atoms with van der Waals surface area (Å²) < 4.78 is 3.46. The van der Waals surface area contributed by atoms with Crippen LogP contribution in [0.1, 0.15) is 24.5 Å². The molecule has 1 unspecified atom stereocenters. The molecule has 0 aliphatic carbocycles. The van der Waals surface area contributed by atoms with E-state index in [1.165, 1.54) is 15.6 Å². The molecule has 0 bridgehead atoms. The minimum absolute atomic E-state index is 0.107. The van der Waals surface area contributed by atoms with Gasteiger partial charge in [-0.25, -0.2) is 4.98 Å². The third kappa shape index (κ3) is 5.63. The van der Waals surface area contributed by atoms with Gasteiger partial charge in [0.15, 0.2) is 0 Å². The van der Waals surface area contributed by atoms with Crippen LogP contribution in [-0.4, -0.2) is 14.3 Å². The zero-order valence-electron chi connectivity index (χ0n) is 14.7. The highest BCUT2D eigenvalue weighted by Crippen LogP contribution is 2.36. The maximum Gasteiger partial charge on any atom is 0.0946 e. The van der Waals surface area contributed by atoms with E-state index in [2.05, 4.69) is 68.8 Å². The Balaban J connectivity index is 1.70. The van der Waals surface area contributed by atoms with E-state index >= 15 is 0 Å². The Kier molecular flexibility index (Phi) is 6.85. The van der Waals surface area contributed by atoms with Crippen molar-refractivity contribution in [1.82, 2.24) is 9.55 Å². The molecule has 3 aromatic rings. The molecule has 136 valence electrons. The lowest BCUT2D eigenvalue weighted by molar-refractivity contribution is 0.495. The Morgan fingerprint density at radius 2 is 1.92 bits per heavy atom. The average molecular weight is 450 g/mol. The van der Waals surface area contributed by atoms with Crippen LogP contribution in [0, 0.1) is 0 Å². The number of halogens is 2. The number of rotatable bonds is 8. The highest BCUT2D eigenvalue weighted by molar-refractivity contribution is 9.10. The zero-order chi connectivity index (χ0) is 18.4. The molecule has 0 aliphatic heterocycles. The summed E-state index contributed by atoms with van der Waals surface area (Å²) in [6, 6.07) is 16.6. The maximum atomic E-state index is 6.01. The third-order valence-corrected chi connectivity index (χ3v) is 6.98. The fourth-order valence-electron chi connectivity index (χ4n) is 2.89. The first-order valence-corrected chi connectivity index (χ1v) is 10.8. The van der Waals surface area contributed by atoms with Crippen LogP contribution in [0.3, 0.4) is 0 Å². The monoisotopic (exact) mass is 448 g/mol. The highest BCUT2D eigenvalue weighted by Gasteiger charge is 2.26. The highest BCUT2D eigenvalue weighted by atomic mass is 79.9. The van der Waals surface area contributed by atoms with Gasteiger partial charge >= 0.3 is 0 Å². The second kappa shape index (κ2) is 9.12. The first kappa shape index (κ1) is 19.5. The van der Waals surface area contributed by atoms with Crippen molar-refractivity contribution in [2.45, 2.75) is 36.8 Å². The fraction of sp³-hybridized carbons (Fsp3) is 0.286. The summed E-state index contributed by atoms with van der Waals surface area (Å²) in [6.07, 6.45) is 7.91. The summed E-state index contributed by atoms with van der Waals surface area (Å²) in [4.78, 5) is 4.20. The Bertz CT molecular complexity index is 820. The van der Waals surface area contributed by atoms with E-state index in [0.29, 0.717) is 0 Å². The molecule has 0 N–H and O–H groups in total. The predicted octanol–water partition coefficient (Wildman–Crippen LogP) is 6.62. The van der Waals surface area contributed by atoms with E-state index in [0.717, 1.165) is 30.2 Å². The van der Waals surface area contributed by atoms with Crippen molar-refractivity contribution in [2.24, 2.45) is 0 Å². The van der Waals surface area contributed by atoms with Crippen LogP contribution in [0.5, 0.6) is 0 Å². The van der Waals surface area contributed by atoms with Gasteiger partial charge in [-0.1, -0.05) is 57.9 Å². The molecule has 1 aromatic heterocycles. The molecule has 26 heavy (non-hydrogen) atoms. The molecule has 0 amide bonds. The van der Waals surface area contributed by atoms with Gasteiger partial charge in [-0.15, -0.1) is 11.8 Å². The first-order valence-electron chi connectivity index (χ1n) is 8.62. The molecule has 0 spiro atoms. The largest absolute Gasteiger partial charge is 0.336 e. The van der Waals surface area contributed by atoms with Gasteiger partial charge in [-0.2, -0.15) is 0 Å². The van der Waals surface area contributed by atoms with Crippen LogP contribution in [0.15, 0.2) is 71.7 Å². The van der Waals surface area contributed by atoms with Gasteiger partial charge in [-0.3, -0.25) is 0 Å². The number of nitrogens with zero attached hydrogens (tertiary/aromatic N) is 2. The number of benzene rings is 2. The standard InChI is InChI=1S/C21H22BrClN2S/c1-21(15-25-13-12-24-16-25,11-10-17-6-8-19(23)9-7-17)26-14-18-4-2-3-5-20(18)22/h2-9,12-13,16H,10-11,14-15H2,1H3. The number of aryl methyl sites for hydroxylation is 1. The number of hydrogen-bond acceptors (Lipinski definition) is 2. The third-order valence-electron chi connectivity index (χ3n) is 4.47. The molecule has 5 heteroatoms. The summed E-state index contributed by atoms with van der Waals surface area (Å²) in [5.74, 6) is 0.979. The van der Waals surface area contributed by atoms with Gasteiger partial charge in [0.1, 0.15) is 0 Å². The Morgan fingerprint density at radius 3 is 2.62 bits per heavy atom. The number of thioether (sulfide) groups is 1. The smallest absolute Gasteiger partial charge is 0.0946 e. The van der Waals surface area contributed by atoms with Crippen LogP contribution in [0.2, 0.25) is 5.02 Å². The summed E-state index contributed by atoms with van der Waals surface area (Å²) in [5, 5.41) is 0.790. The summed E-state index contributed by atoms with van der Waals surface area (Å²) in [5.41, 5.74) is 2.66. The van der Waals surface area contributed by atoms with Crippen molar-refractivity contribution >= 4 is 39.3 Å². The summed E-state index contributed by atoms with van der Waals surface area (Å²) >= 11 is 11.7. The van der Waals surface area contributed by atoms with Crippen LogP contribution in [0.25, 0.3) is 0 Å². The molecular weight excluding hydrogens is 428 g/mol. The molecule has 0 fully saturated rings. The van der Waals surface area contributed by atoms with E-state index in [9.17, 15) is 0 Å². The minimum atomic E-state index is 0.107. The van der Waals surface area contributed by atoms with Gasteiger partial charge in [0.05, 0.1) is 6.33 Å². The van der Waals surface area contributed by atoms with Crippen molar-refractivity contribution in [2.75, 3.05) is 0 Å². The quantitative estimate of drug-likeness (QED) is 0.384. The predicted molar refractivity (Wildman–Crippen MR) is 116 cm³/mol. The number of imidazole rings is 1. The van der Waals surface area contributed by atoms with Crippen molar-refractivity contribution in [1.29, 1.82) is 0 Å². The molecule has 1 atom stereocenters. The van der Waals surface area contributed by atoms with Crippen LogP contribution >= 0.6 is 39.3 Å². The molecule has 0 saturated carbocycles. The molecule has 0 radical (unpaired) electrons. The summed E-state index contributed by atoms with van der Waals surface area (Å²) in [6.45, 7) is 3.29. The second-order valence-corrected chi connectivity index (χ2v) is 9.55. The number of aromatic nitrogens is 2. The van der Waals surface area contributed by atoms with Crippen molar-refractivity contribution in [3.63, 3.8) is 0 Å². The lowest BCUT2D eigenvalue weighted by Crippen LogP contribution is -2.27. The van der Waals surface area contributed by atoms with Gasteiger partial charge in [0.2, 0.25) is 0 Å². The lowest BCUT2D eigenvalue weighted by Gasteiger charge is -2.30. The van der Waals surface area contributed by atoms with Crippen molar-refractivity contribution in [3.05, 3.63) is 87.9 Å². The Labute approximate surface area is 173 Å². The van der Waals surface area contributed by atoms with Gasteiger partial charge in [0.25, 0.3) is 0 Å². The van der Waals surface area contributed by atoms with E-state index < -0.39 is 0 Å². The molecular formula is C21H22BrClN2S. The molecule has 3 rings (SSSR count). The van der Waals surface area contributed by atoms with Crippen molar-refractivity contribution < 1.29 is 0 Å². The molecule has 2 nitrogen and oxygen atoms in total. The molecule has 1 heterocycles. The molecule has 0 saturated heterocycles. The first-order chi connectivity index (χ1) is 12.5. The van der Waals surface area contributed by atoms with E-state index in [4.69, 9.17) is 11.6 Å². The molecule has 2 aromatic carbocycles. The van der Waals surface area contributed by atoms with E-state index in [1.807, 2.05) is 42.6 Å². The SMILES string of the molecule is CC(CCc1ccc(Cl)cc1)(Cn1ccnc1)SCc1ccccc1Br. The average Bonchev–Trinajstić information content (AvgIpc) is 3.13. The Hall–Kier alpha value is -1.23. The number of hydrogen-bond donors (Lipinski definition) is 0. The second-order valence-electron chi connectivity index (χ2n) is 6.69.